The molecule has 0 aliphatic carbocycles. The van der Waals surface area contributed by atoms with Gasteiger partial charge in [-0.3, -0.25) is 14.6 Å². The standard InChI is InChI=1S/C19H21N3O3S/c1-13(20)19(14(2)21-16-6-4-3-5-7-16)22-17(23)11-25-18(24)10-15-8-9-26-12-15/h3-9,12H,10-11,20H2,1-2H3,(H,22,23). The third kappa shape index (κ3) is 6.18. The first-order valence-electron chi connectivity index (χ1n) is 7.99. The minimum atomic E-state index is -0.467. The number of hydrogen-bond donors (Lipinski definition) is 2. The number of allylic oxidation sites excluding steroid dienone is 2. The SMILES string of the molecule is CC(=Nc1ccccc1)C(NC(=O)COC(=O)Cc1ccsc1)=C(C)N. The number of aliphatic imine (C=N–C) groups is 1. The van der Waals surface area contributed by atoms with Gasteiger partial charge in [0.2, 0.25) is 0 Å². The molecule has 136 valence electrons. The van der Waals surface area contributed by atoms with Crippen molar-refractivity contribution in [2.45, 2.75) is 20.3 Å². The topological polar surface area (TPSA) is 93.8 Å². The van der Waals surface area contributed by atoms with Crippen molar-refractivity contribution in [3.05, 3.63) is 64.1 Å². The number of benzene rings is 1. The fourth-order valence-electron chi connectivity index (χ4n) is 2.16. The van der Waals surface area contributed by atoms with E-state index >= 15 is 0 Å². The van der Waals surface area contributed by atoms with Crippen molar-refractivity contribution in [2.75, 3.05) is 6.61 Å². The predicted molar refractivity (Wildman–Crippen MR) is 103 cm³/mol. The van der Waals surface area contributed by atoms with Crippen molar-refractivity contribution in [1.29, 1.82) is 0 Å². The molecule has 1 aromatic carbocycles. The number of thiophene rings is 1. The molecule has 7 heteroatoms. The van der Waals surface area contributed by atoms with Crippen molar-refractivity contribution in [3.8, 4) is 0 Å². The Morgan fingerprint density at radius 3 is 2.54 bits per heavy atom. The largest absolute Gasteiger partial charge is 0.455 e. The van der Waals surface area contributed by atoms with E-state index in [0.717, 1.165) is 11.3 Å². The summed E-state index contributed by atoms with van der Waals surface area (Å²) in [7, 11) is 0. The van der Waals surface area contributed by atoms with E-state index in [-0.39, 0.29) is 13.0 Å². The minimum absolute atomic E-state index is 0.143. The third-order valence-corrected chi connectivity index (χ3v) is 4.10. The third-order valence-electron chi connectivity index (χ3n) is 3.37. The Hall–Kier alpha value is -2.93. The Morgan fingerprint density at radius 2 is 1.92 bits per heavy atom. The van der Waals surface area contributed by atoms with Crippen LogP contribution in [0.25, 0.3) is 0 Å². The van der Waals surface area contributed by atoms with E-state index in [1.807, 2.05) is 47.2 Å². The molecule has 0 aliphatic heterocycles. The summed E-state index contributed by atoms with van der Waals surface area (Å²) in [5.74, 6) is -0.922. The van der Waals surface area contributed by atoms with Crippen LogP contribution in [0.5, 0.6) is 0 Å². The summed E-state index contributed by atoms with van der Waals surface area (Å²) < 4.78 is 5.01. The predicted octanol–water partition coefficient (Wildman–Crippen LogP) is 2.93. The number of ether oxygens (including phenoxy) is 1. The summed E-state index contributed by atoms with van der Waals surface area (Å²) >= 11 is 1.50. The van der Waals surface area contributed by atoms with Crippen LogP contribution < -0.4 is 11.1 Å². The lowest BCUT2D eigenvalue weighted by Crippen LogP contribution is -2.32. The highest BCUT2D eigenvalue weighted by Gasteiger charge is 2.13. The van der Waals surface area contributed by atoms with Crippen LogP contribution in [0, 0.1) is 0 Å². The zero-order valence-corrected chi connectivity index (χ0v) is 15.5. The van der Waals surface area contributed by atoms with Crippen molar-refractivity contribution < 1.29 is 14.3 Å². The molecule has 6 nitrogen and oxygen atoms in total. The summed E-state index contributed by atoms with van der Waals surface area (Å²) in [4.78, 5) is 28.3. The van der Waals surface area contributed by atoms with Crippen LogP contribution in [0.15, 0.2) is 63.5 Å². The molecule has 1 aromatic heterocycles. The van der Waals surface area contributed by atoms with Crippen LogP contribution in [0.4, 0.5) is 5.69 Å². The van der Waals surface area contributed by atoms with Crippen molar-refractivity contribution in [3.63, 3.8) is 0 Å². The van der Waals surface area contributed by atoms with Gasteiger partial charge in [-0.1, -0.05) is 18.2 Å². The van der Waals surface area contributed by atoms with Crippen LogP contribution in [0.2, 0.25) is 0 Å². The molecule has 3 N–H and O–H groups in total. The lowest BCUT2D eigenvalue weighted by atomic mass is 10.2. The van der Waals surface area contributed by atoms with Gasteiger partial charge in [0, 0.05) is 5.70 Å². The molecular weight excluding hydrogens is 350 g/mol. The number of carbonyl (C=O) groups excluding carboxylic acids is 2. The maximum atomic E-state index is 12.1. The van der Waals surface area contributed by atoms with E-state index in [9.17, 15) is 9.59 Å². The fraction of sp³-hybridized carbons (Fsp3) is 0.211. The van der Waals surface area contributed by atoms with E-state index in [2.05, 4.69) is 10.3 Å². The maximum Gasteiger partial charge on any atom is 0.310 e. The molecule has 0 aliphatic rings. The number of amides is 1. The molecular formula is C19H21N3O3S. The van der Waals surface area contributed by atoms with Crippen LogP contribution in [-0.4, -0.2) is 24.2 Å². The number of esters is 1. The van der Waals surface area contributed by atoms with Gasteiger partial charge in [0.05, 0.1) is 23.5 Å². The van der Waals surface area contributed by atoms with Crippen molar-refractivity contribution in [1.82, 2.24) is 5.32 Å². The summed E-state index contributed by atoms with van der Waals surface area (Å²) in [5.41, 5.74) is 8.87. The van der Waals surface area contributed by atoms with E-state index in [1.54, 1.807) is 13.8 Å². The lowest BCUT2D eigenvalue weighted by molar-refractivity contribution is -0.147. The molecule has 2 rings (SSSR count). The first-order valence-corrected chi connectivity index (χ1v) is 8.93. The first kappa shape index (κ1) is 19.4. The number of para-hydroxylation sites is 1. The molecule has 1 heterocycles. The molecule has 0 saturated heterocycles. The second kappa shape index (κ2) is 9.53. The summed E-state index contributed by atoms with van der Waals surface area (Å²) in [6.07, 6.45) is 0.143. The second-order valence-corrected chi connectivity index (χ2v) is 6.39. The van der Waals surface area contributed by atoms with Crippen LogP contribution in [0.3, 0.4) is 0 Å². The molecule has 0 radical (unpaired) electrons. The van der Waals surface area contributed by atoms with Gasteiger partial charge in [0.1, 0.15) is 0 Å². The van der Waals surface area contributed by atoms with Gasteiger partial charge in [-0.15, -0.1) is 0 Å². The van der Waals surface area contributed by atoms with Crippen LogP contribution >= 0.6 is 11.3 Å². The monoisotopic (exact) mass is 371 g/mol. The molecule has 0 unspecified atom stereocenters. The molecule has 1 amide bonds. The average Bonchev–Trinajstić information content (AvgIpc) is 3.11. The quantitative estimate of drug-likeness (QED) is 0.578. The number of hydrogen-bond acceptors (Lipinski definition) is 6. The van der Waals surface area contributed by atoms with Crippen LogP contribution in [-0.2, 0) is 20.7 Å². The van der Waals surface area contributed by atoms with Gasteiger partial charge in [-0.2, -0.15) is 11.3 Å². The molecule has 26 heavy (non-hydrogen) atoms. The van der Waals surface area contributed by atoms with E-state index in [1.165, 1.54) is 11.3 Å². The lowest BCUT2D eigenvalue weighted by Gasteiger charge is -2.12. The number of rotatable bonds is 7. The first-order chi connectivity index (χ1) is 12.5. The van der Waals surface area contributed by atoms with Gasteiger partial charge < -0.3 is 15.8 Å². The smallest absolute Gasteiger partial charge is 0.310 e. The number of nitrogens with one attached hydrogen (secondary N) is 1. The fourth-order valence-corrected chi connectivity index (χ4v) is 2.83. The summed E-state index contributed by atoms with van der Waals surface area (Å²) in [5, 5.41) is 6.41. The van der Waals surface area contributed by atoms with Gasteiger partial charge in [-0.05, 0) is 48.4 Å². The molecule has 2 aromatic rings. The average molecular weight is 371 g/mol. The van der Waals surface area contributed by atoms with Gasteiger partial charge in [-0.25, -0.2) is 0 Å². The molecule has 0 atom stereocenters. The maximum absolute atomic E-state index is 12.1. The zero-order chi connectivity index (χ0) is 18.9. The van der Waals surface area contributed by atoms with E-state index < -0.39 is 11.9 Å². The number of carbonyl (C=O) groups is 2. The Labute approximate surface area is 156 Å². The Bertz CT molecular complexity index is 808. The van der Waals surface area contributed by atoms with Gasteiger partial charge >= 0.3 is 5.97 Å². The van der Waals surface area contributed by atoms with Gasteiger partial charge in [0.25, 0.3) is 5.91 Å². The van der Waals surface area contributed by atoms with Crippen LogP contribution in [0.1, 0.15) is 19.4 Å². The molecule has 0 spiro atoms. The number of nitrogens with zero attached hydrogens (tertiary/aromatic N) is 1. The van der Waals surface area contributed by atoms with Crippen molar-refractivity contribution >= 4 is 34.6 Å². The summed E-state index contributed by atoms with van der Waals surface area (Å²) in [6.45, 7) is 3.04. The Balaban J connectivity index is 1.93. The minimum Gasteiger partial charge on any atom is -0.455 e. The second-order valence-electron chi connectivity index (χ2n) is 5.61. The molecule has 0 fully saturated rings. The van der Waals surface area contributed by atoms with Crippen molar-refractivity contribution in [2.24, 2.45) is 10.7 Å². The highest BCUT2D eigenvalue weighted by Crippen LogP contribution is 2.12. The van der Waals surface area contributed by atoms with E-state index in [0.29, 0.717) is 17.1 Å². The number of nitrogens with two attached hydrogens (primary N) is 1. The normalized spacial score (nSPS) is 12.3. The molecule has 0 saturated carbocycles. The van der Waals surface area contributed by atoms with Gasteiger partial charge in [0.15, 0.2) is 6.61 Å². The summed E-state index contributed by atoms with van der Waals surface area (Å²) in [6, 6.07) is 11.2. The highest BCUT2D eigenvalue weighted by atomic mass is 32.1. The zero-order valence-electron chi connectivity index (χ0n) is 14.7. The van der Waals surface area contributed by atoms with E-state index in [4.69, 9.17) is 10.5 Å². The Morgan fingerprint density at radius 1 is 1.19 bits per heavy atom. The molecule has 0 bridgehead atoms. The Kier molecular flexibility index (Phi) is 7.11. The highest BCUT2D eigenvalue weighted by molar-refractivity contribution is 7.08.